The molecule has 1 aliphatic heterocycles. The summed E-state index contributed by atoms with van der Waals surface area (Å²) in [5, 5.41) is 0. The van der Waals surface area contributed by atoms with Crippen LogP contribution in [0, 0.1) is 0 Å². The van der Waals surface area contributed by atoms with E-state index >= 15 is 0 Å². The molecule has 0 atom stereocenters. The Morgan fingerprint density at radius 3 is 2.35 bits per heavy atom. The van der Waals surface area contributed by atoms with Gasteiger partial charge in [0.25, 0.3) is 0 Å². The maximum Gasteiger partial charge on any atom is 0.319 e. The van der Waals surface area contributed by atoms with E-state index < -0.39 is 0 Å². The van der Waals surface area contributed by atoms with Crippen molar-refractivity contribution >= 4 is 17.9 Å². The second-order valence-electron chi connectivity index (χ2n) is 6.18. The zero-order chi connectivity index (χ0) is 17.0. The second-order valence-corrected chi connectivity index (χ2v) is 6.18. The van der Waals surface area contributed by atoms with Crippen LogP contribution in [0.15, 0.2) is 0 Å². The van der Waals surface area contributed by atoms with Gasteiger partial charge in [-0.1, -0.05) is 13.8 Å². The predicted octanol–water partition coefficient (Wildman–Crippen LogP) is 0.356. The van der Waals surface area contributed by atoms with Gasteiger partial charge in [-0.15, -0.1) is 0 Å². The normalized spacial score (nSPS) is 15.8. The summed E-state index contributed by atoms with van der Waals surface area (Å²) in [6.07, 6.45) is 0. The van der Waals surface area contributed by atoms with E-state index in [0.717, 1.165) is 32.0 Å². The van der Waals surface area contributed by atoms with Gasteiger partial charge in [0.1, 0.15) is 5.82 Å². The number of hydrogen-bond acceptors (Lipinski definition) is 8. The molecule has 8 nitrogen and oxygen atoms in total. The Balaban J connectivity index is 2.09. The van der Waals surface area contributed by atoms with Gasteiger partial charge in [-0.2, -0.15) is 15.0 Å². The number of aromatic nitrogens is 3. The van der Waals surface area contributed by atoms with E-state index in [4.69, 9.17) is 4.74 Å². The summed E-state index contributed by atoms with van der Waals surface area (Å²) in [6.45, 7) is 7.63. The first kappa shape index (κ1) is 17.4. The SMILES string of the molecule is COC(=O)CN1CCN(c2nc(C(C)C)nc(N(C)C)n2)CC1. The molecule has 0 aliphatic carbocycles. The second kappa shape index (κ2) is 7.54. The lowest BCUT2D eigenvalue weighted by Gasteiger charge is -2.34. The lowest BCUT2D eigenvalue weighted by Crippen LogP contribution is -2.48. The van der Waals surface area contributed by atoms with Gasteiger partial charge in [-0.05, 0) is 0 Å². The number of hydrogen-bond donors (Lipinski definition) is 0. The fraction of sp³-hybridized carbons (Fsp3) is 0.733. The quantitative estimate of drug-likeness (QED) is 0.719. The molecular weight excluding hydrogens is 296 g/mol. The Hall–Kier alpha value is -1.96. The van der Waals surface area contributed by atoms with Crippen LogP contribution in [0.1, 0.15) is 25.6 Å². The highest BCUT2D eigenvalue weighted by Crippen LogP contribution is 2.18. The van der Waals surface area contributed by atoms with Crippen LogP contribution in [-0.4, -0.2) is 79.8 Å². The third kappa shape index (κ3) is 4.51. The van der Waals surface area contributed by atoms with Crippen molar-refractivity contribution in [2.75, 3.05) is 63.7 Å². The van der Waals surface area contributed by atoms with E-state index in [1.165, 1.54) is 7.11 Å². The third-order valence-electron chi connectivity index (χ3n) is 3.78. The molecule has 0 saturated carbocycles. The van der Waals surface area contributed by atoms with Crippen molar-refractivity contribution in [1.82, 2.24) is 19.9 Å². The van der Waals surface area contributed by atoms with E-state index in [1.807, 2.05) is 19.0 Å². The summed E-state index contributed by atoms with van der Waals surface area (Å²) < 4.78 is 4.72. The standard InChI is InChI=1S/C15H26N6O2/c1-11(2)13-16-14(19(3)4)18-15(17-13)21-8-6-20(7-9-21)10-12(22)23-5/h11H,6-10H2,1-5H3. The number of nitrogens with zero attached hydrogens (tertiary/aromatic N) is 6. The van der Waals surface area contributed by atoms with E-state index in [0.29, 0.717) is 18.4 Å². The molecule has 1 fully saturated rings. The Kier molecular flexibility index (Phi) is 5.70. The van der Waals surface area contributed by atoms with Crippen LogP contribution in [-0.2, 0) is 9.53 Å². The van der Waals surface area contributed by atoms with Gasteiger partial charge < -0.3 is 14.5 Å². The number of anilines is 2. The van der Waals surface area contributed by atoms with Crippen LogP contribution in [0.3, 0.4) is 0 Å². The Bertz CT molecular complexity index is 515. The molecule has 1 aliphatic rings. The molecule has 0 unspecified atom stereocenters. The topological polar surface area (TPSA) is 74.7 Å². The van der Waals surface area contributed by atoms with Crippen LogP contribution in [0.4, 0.5) is 11.9 Å². The van der Waals surface area contributed by atoms with Gasteiger partial charge in [0.15, 0.2) is 0 Å². The first-order chi connectivity index (χ1) is 10.9. The summed E-state index contributed by atoms with van der Waals surface area (Å²) in [7, 11) is 5.27. The molecule has 0 N–H and O–H groups in total. The number of piperazine rings is 1. The summed E-state index contributed by atoms with van der Waals surface area (Å²) in [5.74, 6) is 2.24. The minimum absolute atomic E-state index is 0.199. The number of ether oxygens (including phenoxy) is 1. The molecule has 1 saturated heterocycles. The van der Waals surface area contributed by atoms with Crippen molar-refractivity contribution in [1.29, 1.82) is 0 Å². The van der Waals surface area contributed by atoms with Gasteiger partial charge in [0.2, 0.25) is 11.9 Å². The van der Waals surface area contributed by atoms with Crippen LogP contribution in [0.5, 0.6) is 0 Å². The zero-order valence-corrected chi connectivity index (χ0v) is 14.6. The fourth-order valence-corrected chi connectivity index (χ4v) is 2.32. The summed E-state index contributed by atoms with van der Waals surface area (Å²) in [6, 6.07) is 0. The highest BCUT2D eigenvalue weighted by Gasteiger charge is 2.22. The molecule has 0 aromatic carbocycles. The minimum Gasteiger partial charge on any atom is -0.468 e. The van der Waals surface area contributed by atoms with Crippen LogP contribution >= 0.6 is 0 Å². The average molecular weight is 322 g/mol. The first-order valence-electron chi connectivity index (χ1n) is 7.88. The van der Waals surface area contributed by atoms with Crippen molar-refractivity contribution in [2.24, 2.45) is 0 Å². The van der Waals surface area contributed by atoms with Gasteiger partial charge in [0.05, 0.1) is 13.7 Å². The molecule has 2 rings (SSSR count). The molecular formula is C15H26N6O2. The molecule has 0 radical (unpaired) electrons. The van der Waals surface area contributed by atoms with Crippen molar-refractivity contribution < 1.29 is 9.53 Å². The fourth-order valence-electron chi connectivity index (χ4n) is 2.32. The number of carbonyl (C=O) groups is 1. The van der Waals surface area contributed by atoms with E-state index in [-0.39, 0.29) is 11.9 Å². The Morgan fingerprint density at radius 1 is 1.17 bits per heavy atom. The van der Waals surface area contributed by atoms with Gasteiger partial charge >= 0.3 is 5.97 Å². The summed E-state index contributed by atoms with van der Waals surface area (Å²) >= 11 is 0. The lowest BCUT2D eigenvalue weighted by atomic mass is 10.2. The van der Waals surface area contributed by atoms with E-state index in [9.17, 15) is 4.79 Å². The van der Waals surface area contributed by atoms with Crippen molar-refractivity contribution in [3.63, 3.8) is 0 Å². The predicted molar refractivity (Wildman–Crippen MR) is 88.9 cm³/mol. The molecule has 1 aromatic rings. The Labute approximate surface area is 137 Å². The highest BCUT2D eigenvalue weighted by molar-refractivity contribution is 5.71. The molecule has 0 spiro atoms. The van der Waals surface area contributed by atoms with Gasteiger partial charge in [-0.25, -0.2) is 0 Å². The van der Waals surface area contributed by atoms with Crippen LogP contribution < -0.4 is 9.80 Å². The average Bonchev–Trinajstić information content (AvgIpc) is 2.54. The molecule has 2 heterocycles. The maximum absolute atomic E-state index is 11.4. The van der Waals surface area contributed by atoms with Crippen LogP contribution in [0.25, 0.3) is 0 Å². The minimum atomic E-state index is -0.199. The van der Waals surface area contributed by atoms with Gasteiger partial charge in [-0.3, -0.25) is 9.69 Å². The highest BCUT2D eigenvalue weighted by atomic mass is 16.5. The lowest BCUT2D eigenvalue weighted by molar-refractivity contribution is -0.142. The molecule has 0 bridgehead atoms. The number of methoxy groups -OCH3 is 1. The molecule has 128 valence electrons. The van der Waals surface area contributed by atoms with Crippen molar-refractivity contribution in [3.8, 4) is 0 Å². The largest absolute Gasteiger partial charge is 0.468 e. The summed E-state index contributed by atoms with van der Waals surface area (Å²) in [5.41, 5.74) is 0. The zero-order valence-electron chi connectivity index (χ0n) is 14.6. The number of esters is 1. The molecule has 1 aromatic heterocycles. The number of rotatable bonds is 5. The van der Waals surface area contributed by atoms with Crippen molar-refractivity contribution in [2.45, 2.75) is 19.8 Å². The van der Waals surface area contributed by atoms with E-state index in [1.54, 1.807) is 0 Å². The molecule has 8 heteroatoms. The van der Waals surface area contributed by atoms with E-state index in [2.05, 4.69) is 38.6 Å². The smallest absolute Gasteiger partial charge is 0.319 e. The number of carbonyl (C=O) groups excluding carboxylic acids is 1. The maximum atomic E-state index is 11.4. The monoisotopic (exact) mass is 322 g/mol. The molecule has 0 amide bonds. The van der Waals surface area contributed by atoms with Gasteiger partial charge in [0, 0.05) is 46.2 Å². The van der Waals surface area contributed by atoms with Crippen LogP contribution in [0.2, 0.25) is 0 Å². The Morgan fingerprint density at radius 2 is 1.83 bits per heavy atom. The molecule has 23 heavy (non-hydrogen) atoms. The summed E-state index contributed by atoms with van der Waals surface area (Å²) in [4.78, 5) is 31.1. The first-order valence-corrected chi connectivity index (χ1v) is 7.88. The third-order valence-corrected chi connectivity index (χ3v) is 3.78. The van der Waals surface area contributed by atoms with Crippen molar-refractivity contribution in [3.05, 3.63) is 5.82 Å².